The first kappa shape index (κ1) is 21.8. The highest BCUT2D eigenvalue weighted by Gasteiger charge is 2.26. The summed E-state index contributed by atoms with van der Waals surface area (Å²) in [4.78, 5) is 21.1. The molecular weight excluding hydrogens is 395 g/mol. The van der Waals surface area contributed by atoms with Gasteiger partial charge in [-0.1, -0.05) is 0 Å². The standard InChI is InChI=1S/C22H24F3N3O2/c1-13-7-18-20(26-9-13)17(19(29)6-5-14(2)23)12-28(18)11-15-8-16(22(3,24)25)10-27-21(15)30-4/h7-10,12,14H,5-6,11H2,1-4H3/t14-/m0/s1. The monoisotopic (exact) mass is 419 g/mol. The number of carbonyl (C=O) groups excluding carboxylic acids is 1. The second-order valence-corrected chi connectivity index (χ2v) is 7.57. The molecular formula is C22H24F3N3O2. The number of nitrogens with zero attached hydrogens (tertiary/aromatic N) is 3. The van der Waals surface area contributed by atoms with E-state index in [-0.39, 0.29) is 36.6 Å². The van der Waals surface area contributed by atoms with Gasteiger partial charge in [-0.05, 0) is 38.0 Å². The van der Waals surface area contributed by atoms with Crippen molar-refractivity contribution < 1.29 is 22.7 Å². The van der Waals surface area contributed by atoms with E-state index in [0.29, 0.717) is 22.2 Å². The molecule has 0 radical (unpaired) electrons. The zero-order chi connectivity index (χ0) is 22.1. The highest BCUT2D eigenvalue weighted by atomic mass is 19.3. The van der Waals surface area contributed by atoms with E-state index in [0.717, 1.165) is 18.7 Å². The van der Waals surface area contributed by atoms with Crippen LogP contribution in [0.1, 0.15) is 53.7 Å². The molecule has 0 aromatic carbocycles. The SMILES string of the molecule is COc1ncc(C(C)(F)F)cc1Cn1cc(C(=O)CC[C@H](C)F)c2ncc(C)cc21. The van der Waals surface area contributed by atoms with Gasteiger partial charge >= 0.3 is 0 Å². The molecule has 0 saturated heterocycles. The fourth-order valence-corrected chi connectivity index (χ4v) is 3.28. The first-order valence-corrected chi connectivity index (χ1v) is 9.64. The largest absolute Gasteiger partial charge is 0.481 e. The number of hydrogen-bond donors (Lipinski definition) is 0. The zero-order valence-electron chi connectivity index (χ0n) is 17.4. The molecule has 160 valence electrons. The van der Waals surface area contributed by atoms with E-state index >= 15 is 0 Å². The Labute approximate surface area is 172 Å². The van der Waals surface area contributed by atoms with E-state index in [2.05, 4.69) is 9.97 Å². The molecule has 0 unspecified atom stereocenters. The number of fused-ring (bicyclic) bond motifs is 1. The summed E-state index contributed by atoms with van der Waals surface area (Å²) in [6.45, 7) is 4.25. The molecule has 0 amide bonds. The lowest BCUT2D eigenvalue weighted by Crippen LogP contribution is -2.10. The Morgan fingerprint density at radius 3 is 2.63 bits per heavy atom. The average Bonchev–Trinajstić information content (AvgIpc) is 3.03. The first-order chi connectivity index (χ1) is 14.1. The third-order valence-electron chi connectivity index (χ3n) is 4.89. The minimum Gasteiger partial charge on any atom is -0.481 e. The molecule has 0 N–H and O–H groups in total. The molecule has 3 aromatic rings. The summed E-state index contributed by atoms with van der Waals surface area (Å²) in [6.07, 6.45) is 3.50. The highest BCUT2D eigenvalue weighted by Crippen LogP contribution is 2.31. The van der Waals surface area contributed by atoms with Crippen molar-refractivity contribution in [1.29, 1.82) is 0 Å². The number of alkyl halides is 3. The number of ketones is 1. The number of carbonyl (C=O) groups is 1. The topological polar surface area (TPSA) is 57.0 Å². The third kappa shape index (κ3) is 4.63. The van der Waals surface area contributed by atoms with Gasteiger partial charge in [-0.3, -0.25) is 9.78 Å². The van der Waals surface area contributed by atoms with Crippen LogP contribution >= 0.6 is 0 Å². The molecule has 5 nitrogen and oxygen atoms in total. The van der Waals surface area contributed by atoms with Gasteiger partial charge in [-0.2, -0.15) is 0 Å². The van der Waals surface area contributed by atoms with Gasteiger partial charge in [-0.25, -0.2) is 18.2 Å². The van der Waals surface area contributed by atoms with Crippen molar-refractivity contribution in [1.82, 2.24) is 14.5 Å². The Balaban J connectivity index is 2.06. The van der Waals surface area contributed by atoms with Crippen molar-refractivity contribution in [3.63, 3.8) is 0 Å². The van der Waals surface area contributed by atoms with Crippen LogP contribution in [0.5, 0.6) is 5.88 Å². The van der Waals surface area contributed by atoms with Crippen molar-refractivity contribution in [3.05, 3.63) is 53.0 Å². The van der Waals surface area contributed by atoms with Crippen LogP contribution in [0.25, 0.3) is 11.0 Å². The summed E-state index contributed by atoms with van der Waals surface area (Å²) >= 11 is 0. The van der Waals surface area contributed by atoms with E-state index in [1.807, 2.05) is 13.0 Å². The summed E-state index contributed by atoms with van der Waals surface area (Å²) in [7, 11) is 1.42. The summed E-state index contributed by atoms with van der Waals surface area (Å²) in [5.74, 6) is -3.03. The molecule has 0 aliphatic carbocycles. The number of ether oxygens (including phenoxy) is 1. The van der Waals surface area contributed by atoms with Gasteiger partial charge in [0.05, 0.1) is 36.4 Å². The van der Waals surface area contributed by atoms with E-state index in [9.17, 15) is 18.0 Å². The maximum Gasteiger partial charge on any atom is 0.272 e. The summed E-state index contributed by atoms with van der Waals surface area (Å²) in [5, 5.41) is 0. The van der Waals surface area contributed by atoms with Gasteiger partial charge in [0, 0.05) is 43.1 Å². The van der Waals surface area contributed by atoms with Crippen LogP contribution < -0.4 is 4.74 Å². The third-order valence-corrected chi connectivity index (χ3v) is 4.89. The molecule has 0 aliphatic heterocycles. The van der Waals surface area contributed by atoms with Crippen LogP contribution in [0, 0.1) is 6.92 Å². The Kier molecular flexibility index (Phi) is 6.14. The van der Waals surface area contributed by atoms with Crippen molar-refractivity contribution in [2.75, 3.05) is 7.11 Å². The van der Waals surface area contributed by atoms with Gasteiger partial charge in [0.1, 0.15) is 0 Å². The fraction of sp³-hybridized carbons (Fsp3) is 0.409. The average molecular weight is 419 g/mol. The Morgan fingerprint density at radius 1 is 1.27 bits per heavy atom. The predicted molar refractivity (Wildman–Crippen MR) is 108 cm³/mol. The van der Waals surface area contributed by atoms with Crippen molar-refractivity contribution in [3.8, 4) is 5.88 Å². The van der Waals surface area contributed by atoms with Crippen LogP contribution in [0.3, 0.4) is 0 Å². The molecule has 0 saturated carbocycles. The number of Topliss-reactive ketones (excluding diaryl/α,β-unsaturated/α-hetero) is 1. The maximum atomic E-state index is 13.8. The molecule has 30 heavy (non-hydrogen) atoms. The number of pyridine rings is 2. The van der Waals surface area contributed by atoms with Crippen LogP contribution in [-0.2, 0) is 12.5 Å². The highest BCUT2D eigenvalue weighted by molar-refractivity contribution is 6.06. The van der Waals surface area contributed by atoms with Crippen LogP contribution in [0.4, 0.5) is 13.2 Å². The molecule has 0 spiro atoms. The maximum absolute atomic E-state index is 13.8. The summed E-state index contributed by atoms with van der Waals surface area (Å²) in [6, 6.07) is 3.22. The molecule has 3 rings (SSSR count). The molecule has 0 fully saturated rings. The Morgan fingerprint density at radius 2 is 2.00 bits per heavy atom. The van der Waals surface area contributed by atoms with Crippen molar-refractivity contribution in [2.45, 2.75) is 52.3 Å². The fourth-order valence-electron chi connectivity index (χ4n) is 3.28. The van der Waals surface area contributed by atoms with Gasteiger partial charge in [0.15, 0.2) is 5.78 Å². The lowest BCUT2D eigenvalue weighted by molar-refractivity contribution is 0.0169. The van der Waals surface area contributed by atoms with E-state index in [1.165, 1.54) is 20.1 Å². The number of aryl methyl sites for hydroxylation is 1. The molecule has 8 heteroatoms. The summed E-state index contributed by atoms with van der Waals surface area (Å²) in [5.41, 5.74) is 2.68. The molecule has 1 atom stereocenters. The second-order valence-electron chi connectivity index (χ2n) is 7.57. The summed E-state index contributed by atoms with van der Waals surface area (Å²) < 4.78 is 47.8. The van der Waals surface area contributed by atoms with Gasteiger partial charge < -0.3 is 9.30 Å². The van der Waals surface area contributed by atoms with Crippen LogP contribution in [-0.4, -0.2) is 33.6 Å². The number of halogens is 3. The van der Waals surface area contributed by atoms with Crippen LogP contribution in [0.2, 0.25) is 0 Å². The number of rotatable bonds is 8. The molecule has 3 heterocycles. The molecule has 3 aromatic heterocycles. The van der Waals surface area contributed by atoms with Gasteiger partial charge in [0.25, 0.3) is 5.92 Å². The van der Waals surface area contributed by atoms with Gasteiger partial charge in [-0.15, -0.1) is 0 Å². The van der Waals surface area contributed by atoms with Crippen molar-refractivity contribution in [2.24, 2.45) is 0 Å². The lowest BCUT2D eigenvalue weighted by atomic mass is 10.1. The minimum atomic E-state index is -3.05. The van der Waals surface area contributed by atoms with Crippen molar-refractivity contribution >= 4 is 16.8 Å². The van der Waals surface area contributed by atoms with Gasteiger partial charge in [0.2, 0.25) is 5.88 Å². The smallest absolute Gasteiger partial charge is 0.272 e. The Hall–Kier alpha value is -2.90. The number of methoxy groups -OCH3 is 1. The Bertz CT molecular complexity index is 1070. The lowest BCUT2D eigenvalue weighted by Gasteiger charge is -2.15. The van der Waals surface area contributed by atoms with Crippen LogP contribution in [0.15, 0.2) is 30.7 Å². The zero-order valence-corrected chi connectivity index (χ0v) is 17.4. The normalized spacial score (nSPS) is 12.9. The predicted octanol–water partition coefficient (Wildman–Crippen LogP) is 5.23. The quantitative estimate of drug-likeness (QED) is 0.469. The molecule has 0 bridgehead atoms. The second kappa shape index (κ2) is 8.45. The number of aromatic nitrogens is 3. The van der Waals surface area contributed by atoms with E-state index in [1.54, 1.807) is 17.0 Å². The molecule has 0 aliphatic rings. The van der Waals surface area contributed by atoms with E-state index < -0.39 is 12.1 Å². The number of hydrogen-bond acceptors (Lipinski definition) is 4. The first-order valence-electron chi connectivity index (χ1n) is 9.64. The van der Waals surface area contributed by atoms with E-state index in [4.69, 9.17) is 4.74 Å². The minimum absolute atomic E-state index is 0.0642.